The van der Waals surface area contributed by atoms with Crippen LogP contribution in [0.15, 0.2) is 30.9 Å². The van der Waals surface area contributed by atoms with E-state index in [9.17, 15) is 4.39 Å². The fraction of sp³-hybridized carbons (Fsp3) is 0.111. The summed E-state index contributed by atoms with van der Waals surface area (Å²) in [5, 5.41) is 7.68. The van der Waals surface area contributed by atoms with E-state index in [1.165, 1.54) is 12.1 Å². The van der Waals surface area contributed by atoms with Crippen molar-refractivity contribution in [3.8, 4) is 0 Å². The minimum atomic E-state index is -0.293. The summed E-state index contributed by atoms with van der Waals surface area (Å²) in [7, 11) is 0. The molecule has 1 aromatic carbocycles. The van der Waals surface area contributed by atoms with Crippen LogP contribution in [-0.4, -0.2) is 15.0 Å². The molecule has 0 radical (unpaired) electrons. The third-order valence-electron chi connectivity index (χ3n) is 1.78. The number of fused-ring (bicyclic) bond motifs is 1. The Balaban J connectivity index is 2.61. The second-order valence-corrected chi connectivity index (χ2v) is 2.69. The predicted molar refractivity (Wildman–Crippen MR) is 47.7 cm³/mol. The molecule has 0 amide bonds. The molecule has 4 heteroatoms. The van der Waals surface area contributed by atoms with Crippen molar-refractivity contribution in [1.82, 2.24) is 15.0 Å². The fourth-order valence-corrected chi connectivity index (χ4v) is 1.20. The highest BCUT2D eigenvalue weighted by atomic mass is 19.1. The summed E-state index contributed by atoms with van der Waals surface area (Å²) in [6.45, 7) is 4.18. The number of allylic oxidation sites excluding steroid dienone is 1. The maximum Gasteiger partial charge on any atom is 0.125 e. The molecule has 0 atom stereocenters. The molecule has 2 aromatic rings. The van der Waals surface area contributed by atoms with Crippen molar-refractivity contribution >= 4 is 11.0 Å². The maximum absolute atomic E-state index is 12.7. The Morgan fingerprint density at radius 1 is 1.54 bits per heavy atom. The lowest BCUT2D eigenvalue weighted by Gasteiger charge is -1.95. The number of rotatable bonds is 2. The fourth-order valence-electron chi connectivity index (χ4n) is 1.20. The number of benzene rings is 1. The van der Waals surface area contributed by atoms with Crippen molar-refractivity contribution in [2.24, 2.45) is 0 Å². The molecule has 0 bridgehead atoms. The first-order valence-electron chi connectivity index (χ1n) is 3.91. The van der Waals surface area contributed by atoms with Gasteiger partial charge in [0, 0.05) is 6.07 Å². The van der Waals surface area contributed by atoms with Crippen LogP contribution in [0, 0.1) is 5.82 Å². The Morgan fingerprint density at radius 2 is 2.38 bits per heavy atom. The van der Waals surface area contributed by atoms with E-state index in [4.69, 9.17) is 0 Å². The smallest absolute Gasteiger partial charge is 0.125 e. The summed E-state index contributed by atoms with van der Waals surface area (Å²) in [4.78, 5) is 0. The predicted octanol–water partition coefficient (Wildman–Crippen LogP) is 1.76. The first-order chi connectivity index (χ1) is 6.31. The van der Waals surface area contributed by atoms with Gasteiger partial charge in [-0.25, -0.2) is 9.07 Å². The summed E-state index contributed by atoms with van der Waals surface area (Å²) in [6.07, 6.45) is 1.72. The van der Waals surface area contributed by atoms with E-state index in [0.717, 1.165) is 5.52 Å². The van der Waals surface area contributed by atoms with Gasteiger partial charge in [0.25, 0.3) is 0 Å². The largest absolute Gasteiger partial charge is 0.241 e. The standard InChI is InChI=1S/C9H8FN3/c1-2-5-13-9-4-3-7(10)6-8(9)11-12-13/h2-4,6H,1,5H2. The molecule has 0 fully saturated rings. The van der Waals surface area contributed by atoms with Crippen LogP contribution in [0.25, 0.3) is 11.0 Å². The highest BCUT2D eigenvalue weighted by molar-refractivity contribution is 5.74. The van der Waals surface area contributed by atoms with Crippen molar-refractivity contribution in [3.63, 3.8) is 0 Å². The van der Waals surface area contributed by atoms with Crippen LogP contribution in [0.2, 0.25) is 0 Å². The molecule has 0 N–H and O–H groups in total. The first-order valence-corrected chi connectivity index (χ1v) is 3.91. The molecule has 0 aliphatic carbocycles. The van der Waals surface area contributed by atoms with Gasteiger partial charge >= 0.3 is 0 Å². The van der Waals surface area contributed by atoms with Crippen molar-refractivity contribution in [2.75, 3.05) is 0 Å². The number of aromatic nitrogens is 3. The van der Waals surface area contributed by atoms with Gasteiger partial charge in [-0.05, 0) is 12.1 Å². The minimum Gasteiger partial charge on any atom is -0.241 e. The summed E-state index contributed by atoms with van der Waals surface area (Å²) >= 11 is 0. The van der Waals surface area contributed by atoms with Crippen LogP contribution in [0.4, 0.5) is 4.39 Å². The Morgan fingerprint density at radius 3 is 3.15 bits per heavy atom. The molecular weight excluding hydrogens is 169 g/mol. The van der Waals surface area contributed by atoms with E-state index in [0.29, 0.717) is 12.1 Å². The van der Waals surface area contributed by atoms with Gasteiger partial charge in [0.2, 0.25) is 0 Å². The van der Waals surface area contributed by atoms with E-state index >= 15 is 0 Å². The van der Waals surface area contributed by atoms with Crippen molar-refractivity contribution < 1.29 is 4.39 Å². The minimum absolute atomic E-state index is 0.293. The molecule has 0 aliphatic rings. The van der Waals surface area contributed by atoms with Crippen LogP contribution in [0.5, 0.6) is 0 Å². The van der Waals surface area contributed by atoms with Gasteiger partial charge < -0.3 is 0 Å². The zero-order valence-corrected chi connectivity index (χ0v) is 6.94. The lowest BCUT2D eigenvalue weighted by atomic mass is 10.3. The van der Waals surface area contributed by atoms with E-state index < -0.39 is 0 Å². The van der Waals surface area contributed by atoms with Gasteiger partial charge in [-0.15, -0.1) is 11.7 Å². The zero-order chi connectivity index (χ0) is 9.26. The van der Waals surface area contributed by atoms with Gasteiger partial charge in [0.05, 0.1) is 12.1 Å². The molecule has 66 valence electrons. The topological polar surface area (TPSA) is 30.7 Å². The SMILES string of the molecule is C=CCn1nnc2cc(F)ccc21. The number of halogens is 1. The van der Waals surface area contributed by atoms with Gasteiger partial charge in [-0.1, -0.05) is 11.3 Å². The van der Waals surface area contributed by atoms with E-state index in [-0.39, 0.29) is 5.82 Å². The van der Waals surface area contributed by atoms with Gasteiger partial charge in [-0.2, -0.15) is 0 Å². The molecule has 0 spiro atoms. The van der Waals surface area contributed by atoms with Crippen molar-refractivity contribution in [3.05, 3.63) is 36.7 Å². The zero-order valence-electron chi connectivity index (χ0n) is 6.94. The van der Waals surface area contributed by atoms with E-state index in [2.05, 4.69) is 16.9 Å². The molecule has 1 aromatic heterocycles. The number of hydrogen-bond acceptors (Lipinski definition) is 2. The molecule has 0 unspecified atom stereocenters. The van der Waals surface area contributed by atoms with E-state index in [1.54, 1.807) is 16.8 Å². The van der Waals surface area contributed by atoms with Crippen molar-refractivity contribution in [2.45, 2.75) is 6.54 Å². The van der Waals surface area contributed by atoms with Crippen LogP contribution in [0.1, 0.15) is 0 Å². The summed E-state index contributed by atoms with van der Waals surface area (Å²) < 4.78 is 14.4. The first kappa shape index (κ1) is 7.91. The van der Waals surface area contributed by atoms with Crippen LogP contribution in [-0.2, 0) is 6.54 Å². The Kier molecular flexibility index (Phi) is 1.81. The summed E-state index contributed by atoms with van der Waals surface area (Å²) in [6, 6.07) is 4.42. The van der Waals surface area contributed by atoms with Crippen LogP contribution >= 0.6 is 0 Å². The van der Waals surface area contributed by atoms with Crippen molar-refractivity contribution in [1.29, 1.82) is 0 Å². The second kappa shape index (κ2) is 2.97. The molecule has 0 saturated carbocycles. The average Bonchev–Trinajstić information content (AvgIpc) is 2.49. The number of hydrogen-bond donors (Lipinski definition) is 0. The van der Waals surface area contributed by atoms with Gasteiger partial charge in [0.15, 0.2) is 0 Å². The third-order valence-corrected chi connectivity index (χ3v) is 1.78. The molecule has 0 aliphatic heterocycles. The summed E-state index contributed by atoms with van der Waals surface area (Å²) in [5.41, 5.74) is 1.39. The molecule has 13 heavy (non-hydrogen) atoms. The summed E-state index contributed by atoms with van der Waals surface area (Å²) in [5.74, 6) is -0.293. The monoisotopic (exact) mass is 177 g/mol. The third kappa shape index (κ3) is 1.30. The lowest BCUT2D eigenvalue weighted by Crippen LogP contribution is -1.96. The molecule has 1 heterocycles. The molecule has 3 nitrogen and oxygen atoms in total. The highest BCUT2D eigenvalue weighted by Crippen LogP contribution is 2.11. The lowest BCUT2D eigenvalue weighted by molar-refractivity contribution is 0.629. The van der Waals surface area contributed by atoms with Crippen LogP contribution < -0.4 is 0 Å². The highest BCUT2D eigenvalue weighted by Gasteiger charge is 2.02. The second-order valence-electron chi connectivity index (χ2n) is 2.69. The van der Waals surface area contributed by atoms with Gasteiger partial charge in [-0.3, -0.25) is 0 Å². The van der Waals surface area contributed by atoms with E-state index in [1.807, 2.05) is 0 Å². The molecule has 2 rings (SSSR count). The van der Waals surface area contributed by atoms with Crippen LogP contribution in [0.3, 0.4) is 0 Å². The van der Waals surface area contributed by atoms with Gasteiger partial charge in [0.1, 0.15) is 11.3 Å². The normalized spacial score (nSPS) is 10.5. The quantitative estimate of drug-likeness (QED) is 0.654. The average molecular weight is 177 g/mol. The molecule has 0 saturated heterocycles. The molecular formula is C9H8FN3. The Labute approximate surface area is 74.5 Å². The maximum atomic E-state index is 12.7. The Bertz CT molecular complexity index is 447. The number of nitrogens with zero attached hydrogens (tertiary/aromatic N) is 3. The Hall–Kier alpha value is -1.71.